The van der Waals surface area contributed by atoms with E-state index in [4.69, 9.17) is 21.1 Å². The highest BCUT2D eigenvalue weighted by molar-refractivity contribution is 6.30. The number of hydrogen-bond donors (Lipinski definition) is 0. The molecule has 2 saturated heterocycles. The number of nitrogens with zero attached hydrogens (tertiary/aromatic N) is 3. The number of imidazole rings is 1. The predicted octanol–water partition coefficient (Wildman–Crippen LogP) is 3.97. The van der Waals surface area contributed by atoms with E-state index in [2.05, 4.69) is 16.1 Å². The maximum Gasteiger partial charge on any atom is 0.126 e. The van der Waals surface area contributed by atoms with Crippen LogP contribution in [0.15, 0.2) is 30.7 Å². The molecule has 0 amide bonds. The maximum absolute atomic E-state index is 6.70. The fourth-order valence-electron chi connectivity index (χ4n) is 5.10. The van der Waals surface area contributed by atoms with E-state index >= 15 is 0 Å². The average Bonchev–Trinajstić information content (AvgIpc) is 3.09. The van der Waals surface area contributed by atoms with Crippen molar-refractivity contribution in [2.45, 2.75) is 43.9 Å². The molecular weight excluding hydrogens is 362 g/mol. The minimum Gasteiger partial charge on any atom is -0.486 e. The van der Waals surface area contributed by atoms with E-state index in [1.54, 1.807) is 0 Å². The van der Waals surface area contributed by atoms with Gasteiger partial charge in [0, 0.05) is 68.8 Å². The Morgan fingerprint density at radius 2 is 2.15 bits per heavy atom. The van der Waals surface area contributed by atoms with Gasteiger partial charge >= 0.3 is 0 Å². The minimum absolute atomic E-state index is 0.114. The third kappa shape index (κ3) is 3.16. The number of likely N-dealkylation sites (tertiary alicyclic amines) is 1. The van der Waals surface area contributed by atoms with Crippen molar-refractivity contribution in [1.29, 1.82) is 0 Å². The highest BCUT2D eigenvalue weighted by Gasteiger charge is 2.52. The molecule has 27 heavy (non-hydrogen) atoms. The molecular formula is C21H26ClN3O2. The van der Waals surface area contributed by atoms with Crippen molar-refractivity contribution >= 4 is 11.6 Å². The first-order chi connectivity index (χ1) is 13.1. The molecule has 0 aliphatic carbocycles. The van der Waals surface area contributed by atoms with Gasteiger partial charge in [-0.25, -0.2) is 4.98 Å². The molecule has 5 nitrogen and oxygen atoms in total. The molecule has 1 spiro atoms. The SMILES string of the molecule is Cn1cnc(CN2CCC3(CC2)Oc2ccc(Cl)cc2[C@H]2OCCC[C@@H]23)c1. The Kier molecular flexibility index (Phi) is 4.42. The second-order valence-corrected chi connectivity index (χ2v) is 8.63. The summed E-state index contributed by atoms with van der Waals surface area (Å²) in [7, 11) is 2.02. The third-order valence-corrected chi connectivity index (χ3v) is 6.67. The number of rotatable bonds is 2. The van der Waals surface area contributed by atoms with Gasteiger partial charge in [0.05, 0.1) is 18.1 Å². The molecule has 0 unspecified atom stereocenters. The van der Waals surface area contributed by atoms with Crippen molar-refractivity contribution in [3.05, 3.63) is 47.0 Å². The normalized spacial score (nSPS) is 27.0. The maximum atomic E-state index is 6.70. The molecule has 6 heteroatoms. The van der Waals surface area contributed by atoms with Gasteiger partial charge in [-0.05, 0) is 31.0 Å². The molecule has 0 saturated carbocycles. The van der Waals surface area contributed by atoms with Crippen LogP contribution in [0, 0.1) is 5.92 Å². The van der Waals surface area contributed by atoms with Gasteiger partial charge < -0.3 is 14.0 Å². The third-order valence-electron chi connectivity index (χ3n) is 6.44. The van der Waals surface area contributed by atoms with Crippen molar-refractivity contribution in [3.63, 3.8) is 0 Å². The number of ether oxygens (including phenoxy) is 2. The number of aryl methyl sites for hydroxylation is 1. The largest absolute Gasteiger partial charge is 0.486 e. The molecule has 0 N–H and O–H groups in total. The molecule has 2 fully saturated rings. The van der Waals surface area contributed by atoms with Crippen LogP contribution in [0.25, 0.3) is 0 Å². The lowest BCUT2D eigenvalue weighted by atomic mass is 9.70. The molecule has 0 bridgehead atoms. The minimum atomic E-state index is -0.119. The van der Waals surface area contributed by atoms with Gasteiger partial charge in [-0.1, -0.05) is 11.6 Å². The predicted molar refractivity (Wildman–Crippen MR) is 104 cm³/mol. The summed E-state index contributed by atoms with van der Waals surface area (Å²) >= 11 is 6.26. The van der Waals surface area contributed by atoms with Gasteiger partial charge in [-0.2, -0.15) is 0 Å². The van der Waals surface area contributed by atoms with Crippen LogP contribution in [0.5, 0.6) is 5.75 Å². The molecule has 144 valence electrons. The zero-order valence-corrected chi connectivity index (χ0v) is 16.5. The summed E-state index contributed by atoms with van der Waals surface area (Å²) in [6, 6.07) is 5.98. The first-order valence-corrected chi connectivity index (χ1v) is 10.3. The van der Waals surface area contributed by atoms with Crippen LogP contribution >= 0.6 is 11.6 Å². The molecule has 5 rings (SSSR count). The van der Waals surface area contributed by atoms with Gasteiger partial charge in [0.1, 0.15) is 11.4 Å². The monoisotopic (exact) mass is 387 g/mol. The smallest absolute Gasteiger partial charge is 0.126 e. The van der Waals surface area contributed by atoms with Crippen molar-refractivity contribution < 1.29 is 9.47 Å². The lowest BCUT2D eigenvalue weighted by Crippen LogP contribution is -2.57. The average molecular weight is 388 g/mol. The lowest BCUT2D eigenvalue weighted by Gasteiger charge is -2.53. The zero-order valence-electron chi connectivity index (χ0n) is 15.7. The molecule has 1 aromatic carbocycles. The van der Waals surface area contributed by atoms with E-state index in [0.717, 1.165) is 74.0 Å². The van der Waals surface area contributed by atoms with Crippen molar-refractivity contribution in [1.82, 2.24) is 14.5 Å². The number of piperidine rings is 1. The van der Waals surface area contributed by atoms with Gasteiger partial charge in [0.25, 0.3) is 0 Å². The Morgan fingerprint density at radius 1 is 1.30 bits per heavy atom. The second kappa shape index (κ2) is 6.80. The summed E-state index contributed by atoms with van der Waals surface area (Å²) < 4.78 is 15.0. The first-order valence-electron chi connectivity index (χ1n) is 9.92. The zero-order chi connectivity index (χ0) is 18.4. The van der Waals surface area contributed by atoms with Crippen LogP contribution in [0.4, 0.5) is 0 Å². The quantitative estimate of drug-likeness (QED) is 0.781. The van der Waals surface area contributed by atoms with Gasteiger partial charge in [-0.3, -0.25) is 4.90 Å². The number of hydrogen-bond acceptors (Lipinski definition) is 4. The van der Waals surface area contributed by atoms with Crippen molar-refractivity contribution in [2.24, 2.45) is 13.0 Å². The fourth-order valence-corrected chi connectivity index (χ4v) is 5.28. The summed E-state index contributed by atoms with van der Waals surface area (Å²) in [5, 5.41) is 0.756. The molecule has 4 heterocycles. The van der Waals surface area contributed by atoms with Gasteiger partial charge in [0.2, 0.25) is 0 Å². The summed E-state index contributed by atoms with van der Waals surface area (Å²) in [5.74, 6) is 1.37. The molecule has 3 aliphatic heterocycles. The van der Waals surface area contributed by atoms with E-state index in [-0.39, 0.29) is 11.7 Å². The summed E-state index contributed by atoms with van der Waals surface area (Å²) in [5.41, 5.74) is 2.15. The molecule has 2 atom stereocenters. The lowest BCUT2D eigenvalue weighted by molar-refractivity contribution is -0.150. The molecule has 1 aromatic heterocycles. The molecule has 0 radical (unpaired) electrons. The highest BCUT2D eigenvalue weighted by Crippen LogP contribution is 2.53. The van der Waals surface area contributed by atoms with Crippen LogP contribution in [0.3, 0.4) is 0 Å². The fraction of sp³-hybridized carbons (Fsp3) is 0.571. The van der Waals surface area contributed by atoms with E-state index in [1.807, 2.05) is 36.1 Å². The van der Waals surface area contributed by atoms with Gasteiger partial charge in [-0.15, -0.1) is 0 Å². The Labute approximate surface area is 165 Å². The molecule has 3 aliphatic rings. The number of benzene rings is 1. The van der Waals surface area contributed by atoms with E-state index in [0.29, 0.717) is 5.92 Å². The molecule has 2 aromatic rings. The van der Waals surface area contributed by atoms with Crippen LogP contribution in [0.2, 0.25) is 5.02 Å². The second-order valence-electron chi connectivity index (χ2n) is 8.20. The van der Waals surface area contributed by atoms with Crippen LogP contribution in [-0.4, -0.2) is 39.7 Å². The van der Waals surface area contributed by atoms with Crippen LogP contribution in [0.1, 0.15) is 43.0 Å². The van der Waals surface area contributed by atoms with Crippen molar-refractivity contribution in [2.75, 3.05) is 19.7 Å². The Morgan fingerprint density at radius 3 is 2.93 bits per heavy atom. The van der Waals surface area contributed by atoms with Crippen molar-refractivity contribution in [3.8, 4) is 5.75 Å². The summed E-state index contributed by atoms with van der Waals surface area (Å²) in [4.78, 5) is 6.97. The van der Waals surface area contributed by atoms with E-state index in [1.165, 1.54) is 0 Å². The Balaban J connectivity index is 1.37. The van der Waals surface area contributed by atoms with E-state index in [9.17, 15) is 0 Å². The van der Waals surface area contributed by atoms with E-state index < -0.39 is 0 Å². The number of halogens is 1. The topological polar surface area (TPSA) is 39.5 Å². The Bertz CT molecular complexity index is 829. The first kappa shape index (κ1) is 17.5. The Hall–Kier alpha value is -1.56. The number of fused-ring (bicyclic) bond motifs is 4. The number of aromatic nitrogens is 2. The van der Waals surface area contributed by atoms with Gasteiger partial charge in [0.15, 0.2) is 0 Å². The highest BCUT2D eigenvalue weighted by atomic mass is 35.5. The summed E-state index contributed by atoms with van der Waals surface area (Å²) in [6.45, 7) is 3.80. The van der Waals surface area contributed by atoms with Crippen LogP contribution < -0.4 is 4.74 Å². The summed E-state index contributed by atoms with van der Waals surface area (Å²) in [6.07, 6.45) is 8.43. The standard InChI is InChI=1S/C21H26ClN3O2/c1-24-12-16(23-14-24)13-25-8-6-21(7-9-25)18-3-2-10-26-20(18)17-11-15(22)4-5-19(17)27-21/h4-5,11-12,14,18,20H,2-3,6-10,13H2,1H3/t18-,20+/m0/s1. The van der Waals surface area contributed by atoms with Crippen LogP contribution in [-0.2, 0) is 18.3 Å².